The molecule has 0 aliphatic heterocycles. The van der Waals surface area contributed by atoms with Crippen LogP contribution in [-0.4, -0.2) is 24.9 Å². The lowest BCUT2D eigenvalue weighted by Crippen LogP contribution is -2.13. The van der Waals surface area contributed by atoms with Crippen LogP contribution in [0.3, 0.4) is 0 Å². The summed E-state index contributed by atoms with van der Waals surface area (Å²) in [7, 11) is 0. The number of rotatable bonds is 8. The molecule has 16 heavy (non-hydrogen) atoms. The van der Waals surface area contributed by atoms with Gasteiger partial charge in [0.2, 0.25) is 0 Å². The van der Waals surface area contributed by atoms with Crippen molar-refractivity contribution < 1.29 is 9.84 Å². The maximum absolute atomic E-state index is 8.65. The molecular weight excluding hydrogens is 202 g/mol. The smallest absolute Gasteiger partial charge is 0.119 e. The Hall–Kier alpha value is -1.06. The van der Waals surface area contributed by atoms with Gasteiger partial charge in [-0.15, -0.1) is 0 Å². The highest BCUT2D eigenvalue weighted by Crippen LogP contribution is 2.13. The van der Waals surface area contributed by atoms with Crippen LogP contribution < -0.4 is 10.1 Å². The molecule has 0 aliphatic carbocycles. The quantitative estimate of drug-likeness (QED) is 0.662. The lowest BCUT2D eigenvalue weighted by Gasteiger charge is -2.08. The van der Waals surface area contributed by atoms with Gasteiger partial charge in [0.15, 0.2) is 0 Å². The standard InChI is InChI=1S/C13H21NO2/c1-2-7-14-11-12-5-3-6-13(10-12)16-9-4-8-15/h3,5-6,10,14-15H,2,4,7-9,11H2,1H3. The third kappa shape index (κ3) is 5.14. The predicted octanol–water partition coefficient (Wildman–Crippen LogP) is 1.95. The number of hydrogen-bond acceptors (Lipinski definition) is 3. The topological polar surface area (TPSA) is 41.5 Å². The van der Waals surface area contributed by atoms with Gasteiger partial charge in [0, 0.05) is 19.6 Å². The number of aliphatic hydroxyl groups is 1. The Morgan fingerprint density at radius 1 is 1.38 bits per heavy atom. The van der Waals surface area contributed by atoms with E-state index < -0.39 is 0 Å². The molecule has 1 aromatic rings. The van der Waals surface area contributed by atoms with Crippen LogP contribution in [0.25, 0.3) is 0 Å². The van der Waals surface area contributed by atoms with Crippen LogP contribution in [0.2, 0.25) is 0 Å². The Kier molecular flexibility index (Phi) is 6.61. The Bertz CT molecular complexity index is 264. The highest BCUT2D eigenvalue weighted by Gasteiger charge is 1.96. The van der Waals surface area contributed by atoms with Gasteiger partial charge in [0.25, 0.3) is 0 Å². The van der Waals surface area contributed by atoms with Crippen LogP contribution in [0, 0.1) is 0 Å². The number of nitrogens with one attached hydrogen (secondary N) is 1. The fraction of sp³-hybridized carbons (Fsp3) is 0.538. The van der Waals surface area contributed by atoms with Crippen molar-refractivity contribution in [2.75, 3.05) is 19.8 Å². The fourth-order valence-corrected chi connectivity index (χ4v) is 1.41. The molecule has 0 aromatic heterocycles. The van der Waals surface area contributed by atoms with E-state index in [0.717, 1.165) is 25.3 Å². The van der Waals surface area contributed by atoms with Crippen molar-refractivity contribution in [1.29, 1.82) is 0 Å². The van der Waals surface area contributed by atoms with Crippen molar-refractivity contribution in [3.63, 3.8) is 0 Å². The third-order valence-electron chi connectivity index (χ3n) is 2.23. The first-order valence-corrected chi connectivity index (χ1v) is 5.90. The zero-order valence-electron chi connectivity index (χ0n) is 9.91. The van der Waals surface area contributed by atoms with E-state index in [0.29, 0.717) is 13.0 Å². The van der Waals surface area contributed by atoms with Crippen molar-refractivity contribution in [3.05, 3.63) is 29.8 Å². The van der Waals surface area contributed by atoms with Crippen molar-refractivity contribution in [2.45, 2.75) is 26.3 Å². The summed E-state index contributed by atoms with van der Waals surface area (Å²) in [6, 6.07) is 8.07. The molecule has 1 rings (SSSR count). The van der Waals surface area contributed by atoms with Gasteiger partial charge < -0.3 is 15.2 Å². The normalized spacial score (nSPS) is 10.4. The van der Waals surface area contributed by atoms with E-state index in [1.807, 2.05) is 18.2 Å². The molecule has 0 radical (unpaired) electrons. The summed E-state index contributed by atoms with van der Waals surface area (Å²) in [5.74, 6) is 0.879. The van der Waals surface area contributed by atoms with Gasteiger partial charge in [-0.1, -0.05) is 19.1 Å². The van der Waals surface area contributed by atoms with E-state index in [4.69, 9.17) is 9.84 Å². The second-order valence-electron chi connectivity index (χ2n) is 3.75. The van der Waals surface area contributed by atoms with Crippen LogP contribution in [0.1, 0.15) is 25.3 Å². The third-order valence-corrected chi connectivity index (χ3v) is 2.23. The van der Waals surface area contributed by atoms with Gasteiger partial charge in [-0.2, -0.15) is 0 Å². The number of hydrogen-bond donors (Lipinski definition) is 2. The fourth-order valence-electron chi connectivity index (χ4n) is 1.41. The summed E-state index contributed by atoms with van der Waals surface area (Å²) >= 11 is 0. The molecule has 0 heterocycles. The zero-order valence-corrected chi connectivity index (χ0v) is 9.91. The molecule has 0 unspecified atom stereocenters. The minimum Gasteiger partial charge on any atom is -0.493 e. The van der Waals surface area contributed by atoms with E-state index >= 15 is 0 Å². The molecule has 0 spiro atoms. The van der Waals surface area contributed by atoms with Gasteiger partial charge in [-0.05, 0) is 30.7 Å². The maximum Gasteiger partial charge on any atom is 0.119 e. The summed E-state index contributed by atoms with van der Waals surface area (Å²) in [6.45, 7) is 4.82. The lowest BCUT2D eigenvalue weighted by molar-refractivity contribution is 0.233. The Labute approximate surface area is 97.4 Å². The van der Waals surface area contributed by atoms with Gasteiger partial charge in [-0.25, -0.2) is 0 Å². The van der Waals surface area contributed by atoms with Crippen LogP contribution in [0.15, 0.2) is 24.3 Å². The first-order chi connectivity index (χ1) is 7.86. The second kappa shape index (κ2) is 8.13. The first kappa shape index (κ1) is 13.0. The minimum atomic E-state index is 0.178. The monoisotopic (exact) mass is 223 g/mol. The summed E-state index contributed by atoms with van der Waals surface area (Å²) < 4.78 is 5.51. The zero-order chi connectivity index (χ0) is 11.6. The molecule has 0 amide bonds. The molecule has 3 nitrogen and oxygen atoms in total. The molecule has 0 saturated carbocycles. The van der Waals surface area contributed by atoms with Gasteiger partial charge >= 0.3 is 0 Å². The summed E-state index contributed by atoms with van der Waals surface area (Å²) in [5.41, 5.74) is 1.23. The van der Waals surface area contributed by atoms with E-state index in [-0.39, 0.29) is 6.61 Å². The lowest BCUT2D eigenvalue weighted by atomic mass is 10.2. The van der Waals surface area contributed by atoms with Gasteiger partial charge in [0.05, 0.1) is 6.61 Å². The SMILES string of the molecule is CCCNCc1cccc(OCCCO)c1. The molecule has 0 fully saturated rings. The summed E-state index contributed by atoms with van der Waals surface area (Å²) in [4.78, 5) is 0. The van der Waals surface area contributed by atoms with Gasteiger partial charge in [0.1, 0.15) is 5.75 Å². The average molecular weight is 223 g/mol. The molecular formula is C13H21NO2. The highest BCUT2D eigenvalue weighted by atomic mass is 16.5. The van der Waals surface area contributed by atoms with Gasteiger partial charge in [-0.3, -0.25) is 0 Å². The van der Waals surface area contributed by atoms with Crippen LogP contribution in [0.4, 0.5) is 0 Å². The van der Waals surface area contributed by atoms with Crippen LogP contribution in [0.5, 0.6) is 5.75 Å². The highest BCUT2D eigenvalue weighted by molar-refractivity contribution is 5.28. The van der Waals surface area contributed by atoms with Crippen molar-refractivity contribution >= 4 is 0 Å². The van der Waals surface area contributed by atoms with E-state index in [1.54, 1.807) is 0 Å². The van der Waals surface area contributed by atoms with E-state index in [2.05, 4.69) is 18.3 Å². The number of benzene rings is 1. The average Bonchev–Trinajstić information content (AvgIpc) is 2.30. The molecule has 3 heteroatoms. The molecule has 0 bridgehead atoms. The van der Waals surface area contributed by atoms with E-state index in [1.165, 1.54) is 5.56 Å². The number of aliphatic hydroxyl groups excluding tert-OH is 1. The maximum atomic E-state index is 8.65. The summed E-state index contributed by atoms with van der Waals surface area (Å²) in [6.07, 6.45) is 1.82. The molecule has 90 valence electrons. The molecule has 1 aromatic carbocycles. The molecule has 0 atom stereocenters. The first-order valence-electron chi connectivity index (χ1n) is 5.90. The van der Waals surface area contributed by atoms with Crippen LogP contribution >= 0.6 is 0 Å². The van der Waals surface area contributed by atoms with Crippen LogP contribution in [-0.2, 0) is 6.54 Å². The Morgan fingerprint density at radius 3 is 3.00 bits per heavy atom. The summed E-state index contributed by atoms with van der Waals surface area (Å²) in [5, 5.41) is 12.0. The molecule has 0 aliphatic rings. The van der Waals surface area contributed by atoms with E-state index in [9.17, 15) is 0 Å². The molecule has 0 saturated heterocycles. The largest absolute Gasteiger partial charge is 0.493 e. The predicted molar refractivity (Wildman–Crippen MR) is 65.6 cm³/mol. The van der Waals surface area contributed by atoms with Crippen molar-refractivity contribution in [3.8, 4) is 5.75 Å². The Balaban J connectivity index is 2.37. The second-order valence-corrected chi connectivity index (χ2v) is 3.75. The van der Waals surface area contributed by atoms with Crippen molar-refractivity contribution in [2.24, 2.45) is 0 Å². The van der Waals surface area contributed by atoms with Crippen molar-refractivity contribution in [1.82, 2.24) is 5.32 Å². The number of ether oxygens (including phenoxy) is 1. The Morgan fingerprint density at radius 2 is 2.25 bits per heavy atom. The molecule has 2 N–H and O–H groups in total. The minimum absolute atomic E-state index is 0.178.